The Morgan fingerprint density at radius 3 is 2.28 bits per heavy atom. The number of β-lactam (4-membered cyclic amide) rings is 1. The van der Waals surface area contributed by atoms with E-state index in [0.717, 1.165) is 38.5 Å². The molecule has 3 fully saturated rings. The van der Waals surface area contributed by atoms with Crippen LogP contribution in [0.25, 0.3) is 0 Å². The van der Waals surface area contributed by atoms with Crippen molar-refractivity contribution < 1.29 is 9.59 Å². The maximum atomic E-state index is 13.3. The summed E-state index contributed by atoms with van der Waals surface area (Å²) in [5.41, 5.74) is 1.78. The topological polar surface area (TPSA) is 53.5 Å². The zero-order valence-corrected chi connectivity index (χ0v) is 16.7. The van der Waals surface area contributed by atoms with Crippen LogP contribution in [0, 0.1) is 5.41 Å². The number of carbonyl (C=O) groups excluding carboxylic acids is 2. The van der Waals surface area contributed by atoms with Crippen LogP contribution in [0.15, 0.2) is 54.9 Å². The largest absolute Gasteiger partial charge is 0.338 e. The highest BCUT2D eigenvalue weighted by molar-refractivity contribution is 5.94. The van der Waals surface area contributed by atoms with Crippen LogP contribution >= 0.6 is 0 Å². The van der Waals surface area contributed by atoms with Gasteiger partial charge in [-0.3, -0.25) is 14.6 Å². The molecule has 3 heterocycles. The maximum Gasteiger partial charge on any atom is 0.253 e. The summed E-state index contributed by atoms with van der Waals surface area (Å²) in [6.45, 7) is 1.40. The lowest BCUT2D eigenvalue weighted by Gasteiger charge is -2.59. The summed E-state index contributed by atoms with van der Waals surface area (Å²) >= 11 is 0. The first-order valence-corrected chi connectivity index (χ1v) is 10.8. The van der Waals surface area contributed by atoms with Gasteiger partial charge in [0.05, 0.1) is 11.5 Å². The lowest BCUT2D eigenvalue weighted by molar-refractivity contribution is -0.180. The van der Waals surface area contributed by atoms with E-state index in [1.54, 1.807) is 24.5 Å². The highest BCUT2D eigenvalue weighted by Crippen LogP contribution is 2.60. The Hall–Kier alpha value is -2.69. The smallest absolute Gasteiger partial charge is 0.253 e. The average molecular weight is 389 g/mol. The number of hydrogen-bond donors (Lipinski definition) is 0. The molecule has 5 rings (SSSR count). The van der Waals surface area contributed by atoms with Crippen LogP contribution < -0.4 is 0 Å². The third-order valence-electron chi connectivity index (χ3n) is 7.15. The zero-order chi connectivity index (χ0) is 19.8. The Kier molecular flexibility index (Phi) is 4.61. The minimum atomic E-state index is -0.175. The van der Waals surface area contributed by atoms with Crippen LogP contribution in [-0.2, 0) is 4.79 Å². The number of carbonyl (C=O) groups is 2. The molecule has 150 valence electrons. The van der Waals surface area contributed by atoms with E-state index in [1.165, 1.54) is 5.56 Å². The SMILES string of the molecule is O=C(c1ccncc1)N1CCC(N2C(=O)C3(CCCC3)C2c2ccccc2)CC1. The molecule has 1 aliphatic carbocycles. The Morgan fingerprint density at radius 1 is 0.966 bits per heavy atom. The van der Waals surface area contributed by atoms with Gasteiger partial charge in [-0.25, -0.2) is 0 Å². The van der Waals surface area contributed by atoms with Gasteiger partial charge < -0.3 is 9.80 Å². The van der Waals surface area contributed by atoms with Crippen molar-refractivity contribution in [1.82, 2.24) is 14.8 Å². The van der Waals surface area contributed by atoms with Gasteiger partial charge in [-0.15, -0.1) is 0 Å². The van der Waals surface area contributed by atoms with Gasteiger partial charge in [0.2, 0.25) is 5.91 Å². The molecule has 5 nitrogen and oxygen atoms in total. The summed E-state index contributed by atoms with van der Waals surface area (Å²) in [5.74, 6) is 0.412. The summed E-state index contributed by atoms with van der Waals surface area (Å²) in [5, 5.41) is 0. The molecule has 1 aromatic carbocycles. The molecule has 29 heavy (non-hydrogen) atoms. The second kappa shape index (κ2) is 7.29. The van der Waals surface area contributed by atoms with E-state index in [1.807, 2.05) is 11.0 Å². The van der Waals surface area contributed by atoms with Crippen molar-refractivity contribution >= 4 is 11.8 Å². The van der Waals surface area contributed by atoms with Crippen molar-refractivity contribution in [3.8, 4) is 0 Å². The van der Waals surface area contributed by atoms with Crippen LogP contribution in [0.3, 0.4) is 0 Å². The predicted octanol–water partition coefficient (Wildman–Crippen LogP) is 3.83. The van der Waals surface area contributed by atoms with Gasteiger partial charge in [-0.05, 0) is 43.4 Å². The van der Waals surface area contributed by atoms with Crippen LogP contribution in [0.4, 0.5) is 0 Å². The molecule has 2 amide bonds. The monoisotopic (exact) mass is 389 g/mol. The van der Waals surface area contributed by atoms with Crippen LogP contribution in [0.5, 0.6) is 0 Å². The number of benzene rings is 1. The van der Waals surface area contributed by atoms with Gasteiger partial charge in [0, 0.05) is 37.1 Å². The Bertz CT molecular complexity index is 885. The van der Waals surface area contributed by atoms with Gasteiger partial charge in [0.1, 0.15) is 0 Å². The molecule has 1 unspecified atom stereocenters. The van der Waals surface area contributed by atoms with Gasteiger partial charge >= 0.3 is 0 Å². The van der Waals surface area contributed by atoms with E-state index in [9.17, 15) is 9.59 Å². The number of amides is 2. The minimum Gasteiger partial charge on any atom is -0.338 e. The summed E-state index contributed by atoms with van der Waals surface area (Å²) in [6, 6.07) is 14.5. The highest BCUT2D eigenvalue weighted by Gasteiger charge is 2.63. The van der Waals surface area contributed by atoms with Crippen molar-refractivity contribution in [1.29, 1.82) is 0 Å². The van der Waals surface area contributed by atoms with Gasteiger partial charge in [-0.1, -0.05) is 43.2 Å². The average Bonchev–Trinajstić information content (AvgIpc) is 3.30. The molecule has 2 aliphatic heterocycles. The van der Waals surface area contributed by atoms with Crippen molar-refractivity contribution in [2.75, 3.05) is 13.1 Å². The third kappa shape index (κ3) is 2.95. The number of piperidine rings is 1. The third-order valence-corrected chi connectivity index (χ3v) is 7.15. The molecule has 0 radical (unpaired) electrons. The summed E-state index contributed by atoms with van der Waals surface area (Å²) in [7, 11) is 0. The fourth-order valence-corrected chi connectivity index (χ4v) is 5.70. The molecule has 2 saturated heterocycles. The second-order valence-electron chi connectivity index (χ2n) is 8.65. The number of aromatic nitrogens is 1. The molecule has 1 spiro atoms. The normalized spacial score (nSPS) is 24.0. The van der Waals surface area contributed by atoms with Crippen molar-refractivity contribution in [3.05, 3.63) is 66.0 Å². The summed E-state index contributed by atoms with van der Waals surface area (Å²) < 4.78 is 0. The molecule has 0 bridgehead atoms. The first-order chi connectivity index (χ1) is 14.2. The predicted molar refractivity (Wildman–Crippen MR) is 110 cm³/mol. The number of pyridine rings is 1. The number of likely N-dealkylation sites (tertiary alicyclic amines) is 2. The van der Waals surface area contributed by atoms with Gasteiger partial charge in [0.15, 0.2) is 0 Å². The summed E-state index contributed by atoms with van der Waals surface area (Å²) in [6.07, 6.45) is 9.35. The standard InChI is InChI=1S/C24H27N3O2/c28-22(19-8-14-25-15-9-19)26-16-10-20(11-17-26)27-21(18-6-2-1-3-7-18)24(23(27)29)12-4-5-13-24/h1-3,6-9,14-15,20-21H,4-5,10-13,16-17H2. The first-order valence-electron chi connectivity index (χ1n) is 10.8. The minimum absolute atomic E-state index is 0.0626. The van der Waals surface area contributed by atoms with Crippen LogP contribution in [0.1, 0.15) is 60.5 Å². The Labute approximate surface area is 171 Å². The number of nitrogens with zero attached hydrogens (tertiary/aromatic N) is 3. The molecule has 1 aromatic heterocycles. The summed E-state index contributed by atoms with van der Waals surface area (Å²) in [4.78, 5) is 34.1. The molecular weight excluding hydrogens is 362 g/mol. The van der Waals surface area contributed by atoms with Crippen molar-refractivity contribution in [3.63, 3.8) is 0 Å². The molecule has 3 aliphatic rings. The van der Waals surface area contributed by atoms with Gasteiger partial charge in [0.25, 0.3) is 5.91 Å². The van der Waals surface area contributed by atoms with Gasteiger partial charge in [-0.2, -0.15) is 0 Å². The van der Waals surface area contributed by atoms with E-state index in [4.69, 9.17) is 0 Å². The maximum absolute atomic E-state index is 13.3. The fourth-order valence-electron chi connectivity index (χ4n) is 5.70. The molecule has 2 aromatic rings. The van der Waals surface area contributed by atoms with E-state index in [-0.39, 0.29) is 23.4 Å². The first kappa shape index (κ1) is 18.3. The number of hydrogen-bond acceptors (Lipinski definition) is 3. The molecule has 5 heteroatoms. The van der Waals surface area contributed by atoms with Crippen LogP contribution in [0.2, 0.25) is 0 Å². The second-order valence-corrected chi connectivity index (χ2v) is 8.65. The van der Waals surface area contributed by atoms with E-state index < -0.39 is 0 Å². The quantitative estimate of drug-likeness (QED) is 0.750. The van der Waals surface area contributed by atoms with Crippen molar-refractivity contribution in [2.45, 2.75) is 50.6 Å². The fraction of sp³-hybridized carbons (Fsp3) is 0.458. The van der Waals surface area contributed by atoms with E-state index in [0.29, 0.717) is 24.6 Å². The Morgan fingerprint density at radius 2 is 1.62 bits per heavy atom. The zero-order valence-electron chi connectivity index (χ0n) is 16.7. The molecule has 1 saturated carbocycles. The molecule has 0 N–H and O–H groups in total. The van der Waals surface area contributed by atoms with E-state index in [2.05, 4.69) is 34.1 Å². The van der Waals surface area contributed by atoms with Crippen LogP contribution in [-0.4, -0.2) is 45.7 Å². The highest BCUT2D eigenvalue weighted by atomic mass is 16.2. The Balaban J connectivity index is 1.32. The molecular formula is C24H27N3O2. The lowest BCUT2D eigenvalue weighted by Crippen LogP contribution is -2.66. The van der Waals surface area contributed by atoms with E-state index >= 15 is 0 Å². The molecule has 1 atom stereocenters. The number of rotatable bonds is 3. The lowest BCUT2D eigenvalue weighted by atomic mass is 9.65. The van der Waals surface area contributed by atoms with Crippen molar-refractivity contribution in [2.24, 2.45) is 5.41 Å².